The fraction of sp³-hybridized carbons (Fsp3) is 0.458. The number of nitrogens with one attached hydrogen (secondary N) is 3. The summed E-state index contributed by atoms with van der Waals surface area (Å²) in [4.78, 5) is 55.3. The molecule has 38 heavy (non-hydrogen) atoms. The Kier molecular flexibility index (Phi) is 7.34. The van der Waals surface area contributed by atoms with Gasteiger partial charge in [-0.25, -0.2) is 9.99 Å². The van der Waals surface area contributed by atoms with E-state index in [0.29, 0.717) is 18.7 Å². The predicted molar refractivity (Wildman–Crippen MR) is 131 cm³/mol. The number of halogens is 3. The zero-order chi connectivity index (χ0) is 28.7. The van der Waals surface area contributed by atoms with Gasteiger partial charge in [0.25, 0.3) is 17.7 Å². The Morgan fingerprint density at radius 2 is 2.00 bits per heavy atom. The number of carbonyl (C=O) groups is 4. The number of hydrazine groups is 1. The second-order valence-electron chi connectivity index (χ2n) is 9.03. The number of thiazole rings is 1. The number of amides is 4. The van der Waals surface area contributed by atoms with Crippen LogP contribution in [0.5, 0.6) is 0 Å². The van der Waals surface area contributed by atoms with Crippen molar-refractivity contribution >= 4 is 35.0 Å². The van der Waals surface area contributed by atoms with Crippen molar-refractivity contribution in [3.8, 4) is 0 Å². The van der Waals surface area contributed by atoms with Crippen LogP contribution in [0, 0.1) is 12.8 Å². The second-order valence-corrected chi connectivity index (χ2v) is 10.0. The van der Waals surface area contributed by atoms with Crippen molar-refractivity contribution in [2.45, 2.75) is 39.0 Å². The molecule has 2 atom stereocenters. The van der Waals surface area contributed by atoms with E-state index >= 15 is 0 Å². The van der Waals surface area contributed by atoms with Gasteiger partial charge in [-0.1, -0.05) is 13.0 Å². The van der Waals surface area contributed by atoms with Crippen LogP contribution < -0.4 is 16.0 Å². The molecule has 0 radical (unpaired) electrons. The lowest BCUT2D eigenvalue weighted by Gasteiger charge is -2.28. The monoisotopic (exact) mass is 553 g/mol. The third kappa shape index (κ3) is 5.50. The highest BCUT2D eigenvalue weighted by Crippen LogP contribution is 2.35. The van der Waals surface area contributed by atoms with Gasteiger partial charge in [0.05, 0.1) is 18.5 Å². The lowest BCUT2D eigenvalue weighted by molar-refractivity contribution is -0.148. The van der Waals surface area contributed by atoms with Crippen LogP contribution in [-0.4, -0.2) is 65.3 Å². The molecule has 3 heterocycles. The van der Waals surface area contributed by atoms with Gasteiger partial charge >= 0.3 is 6.18 Å². The lowest BCUT2D eigenvalue weighted by atomic mass is 9.96. The number of nitrogens with zero attached hydrogens (tertiary/aromatic N) is 3. The third-order valence-electron chi connectivity index (χ3n) is 6.32. The first-order chi connectivity index (χ1) is 18.3. The highest BCUT2D eigenvalue weighted by atomic mass is 32.1. The van der Waals surface area contributed by atoms with E-state index in [9.17, 15) is 32.3 Å². The molecule has 4 amide bonds. The molecular formula is C24H27F3N6O4S. The van der Waals surface area contributed by atoms with Crippen LogP contribution in [0.25, 0.3) is 0 Å². The Bertz CT molecular complexity index is 1340. The number of rotatable bonds is 6. The highest BCUT2D eigenvalue weighted by Gasteiger charge is 2.40. The average molecular weight is 554 g/mol. The van der Waals surface area contributed by atoms with Gasteiger partial charge in [-0.05, 0) is 36.6 Å². The van der Waals surface area contributed by atoms with E-state index in [4.69, 9.17) is 1.37 Å². The minimum absolute atomic E-state index is 0.0145. The Morgan fingerprint density at radius 1 is 1.26 bits per heavy atom. The number of benzene rings is 1. The van der Waals surface area contributed by atoms with E-state index in [1.54, 1.807) is 11.9 Å². The van der Waals surface area contributed by atoms with Gasteiger partial charge < -0.3 is 16.0 Å². The molecule has 3 N–H and O–H groups in total. The van der Waals surface area contributed by atoms with E-state index in [1.165, 1.54) is 19.0 Å². The highest BCUT2D eigenvalue weighted by molar-refractivity contribution is 7.15. The largest absolute Gasteiger partial charge is 0.416 e. The van der Waals surface area contributed by atoms with Gasteiger partial charge in [-0.2, -0.15) is 13.2 Å². The minimum Gasteiger partial charge on any atom is -0.353 e. The summed E-state index contributed by atoms with van der Waals surface area (Å²) in [7, 11) is 1.44. The summed E-state index contributed by atoms with van der Waals surface area (Å²) in [6.45, 7) is 3.56. The number of alkyl halides is 3. The molecule has 14 heteroatoms. The molecule has 1 aromatic carbocycles. The van der Waals surface area contributed by atoms with Gasteiger partial charge in [0.1, 0.15) is 10.9 Å². The first-order valence-electron chi connectivity index (χ1n) is 12.3. The van der Waals surface area contributed by atoms with Gasteiger partial charge in [0.15, 0.2) is 5.01 Å². The topological polar surface area (TPSA) is 124 Å². The fourth-order valence-corrected chi connectivity index (χ4v) is 5.17. The van der Waals surface area contributed by atoms with Crippen molar-refractivity contribution in [1.29, 1.82) is 0 Å². The third-order valence-corrected chi connectivity index (χ3v) is 7.47. The minimum atomic E-state index is -4.62. The van der Waals surface area contributed by atoms with Crippen molar-refractivity contribution in [2.24, 2.45) is 5.92 Å². The molecule has 4 rings (SSSR count). The molecule has 0 bridgehead atoms. The van der Waals surface area contributed by atoms with Crippen LogP contribution in [0.3, 0.4) is 0 Å². The van der Waals surface area contributed by atoms with Crippen LogP contribution in [-0.2, 0) is 22.3 Å². The predicted octanol–water partition coefficient (Wildman–Crippen LogP) is 2.02. The number of hydrogen-bond acceptors (Lipinski definition) is 7. The van der Waals surface area contributed by atoms with Gasteiger partial charge in [-0.15, -0.1) is 11.3 Å². The smallest absolute Gasteiger partial charge is 0.353 e. The zero-order valence-corrected chi connectivity index (χ0v) is 21.7. The fourth-order valence-electron chi connectivity index (χ4n) is 4.24. The SMILES string of the molecule is [2H][C@]1(NC(=O)[C@H](C)CNC(=O)c2sc(C(=O)NC)nc2C)C(=O)N2CCCN2Cc2cc(C(F)(F)F)ccc21. The summed E-state index contributed by atoms with van der Waals surface area (Å²) >= 11 is 0.894. The maximum Gasteiger partial charge on any atom is 0.416 e. The summed E-state index contributed by atoms with van der Waals surface area (Å²) in [6.07, 6.45) is -4.04. The molecule has 0 aliphatic carbocycles. The Morgan fingerprint density at radius 3 is 2.68 bits per heavy atom. The number of fused-ring (bicyclic) bond motifs is 2. The number of aromatic nitrogens is 1. The molecule has 1 saturated heterocycles. The summed E-state index contributed by atoms with van der Waals surface area (Å²) in [5.41, 5.74) is -0.496. The van der Waals surface area contributed by atoms with Crippen molar-refractivity contribution in [3.05, 3.63) is 50.5 Å². The molecule has 2 aromatic rings. The second kappa shape index (κ2) is 10.7. The summed E-state index contributed by atoms with van der Waals surface area (Å²) in [5.74, 6) is -3.42. The summed E-state index contributed by atoms with van der Waals surface area (Å²) in [6, 6.07) is 0.398. The molecule has 1 aromatic heterocycles. The number of carbonyl (C=O) groups excluding carboxylic acids is 4. The molecule has 204 valence electrons. The van der Waals surface area contributed by atoms with Crippen molar-refractivity contribution in [3.63, 3.8) is 0 Å². The van der Waals surface area contributed by atoms with Crippen LogP contribution in [0.4, 0.5) is 13.2 Å². The molecule has 10 nitrogen and oxygen atoms in total. The van der Waals surface area contributed by atoms with Gasteiger partial charge in [0, 0.05) is 33.2 Å². The van der Waals surface area contributed by atoms with Crippen LogP contribution in [0.2, 0.25) is 0 Å². The van der Waals surface area contributed by atoms with E-state index in [-0.39, 0.29) is 40.6 Å². The molecular weight excluding hydrogens is 525 g/mol. The van der Waals surface area contributed by atoms with E-state index in [2.05, 4.69) is 20.9 Å². The van der Waals surface area contributed by atoms with Crippen molar-refractivity contribution in [2.75, 3.05) is 26.7 Å². The van der Waals surface area contributed by atoms with E-state index in [0.717, 1.165) is 29.5 Å². The average Bonchev–Trinajstić information content (AvgIpc) is 3.49. The number of aryl methyl sites for hydroxylation is 1. The number of hydrogen-bond donors (Lipinski definition) is 3. The first-order valence-corrected chi connectivity index (χ1v) is 12.6. The van der Waals surface area contributed by atoms with Crippen molar-refractivity contribution in [1.82, 2.24) is 31.0 Å². The van der Waals surface area contributed by atoms with Crippen LogP contribution in [0.1, 0.15) is 62.6 Å². The van der Waals surface area contributed by atoms with E-state index in [1.807, 2.05) is 0 Å². The van der Waals surface area contributed by atoms with Gasteiger partial charge in [-0.3, -0.25) is 24.2 Å². The maximum atomic E-state index is 13.5. The molecule has 0 saturated carbocycles. The maximum absolute atomic E-state index is 13.5. The first kappa shape index (κ1) is 26.1. The van der Waals surface area contributed by atoms with Crippen LogP contribution in [0.15, 0.2) is 18.2 Å². The molecule has 0 spiro atoms. The molecule has 2 aliphatic heterocycles. The molecule has 2 aliphatic rings. The lowest BCUT2D eigenvalue weighted by Crippen LogP contribution is -2.47. The van der Waals surface area contributed by atoms with Crippen molar-refractivity contribution < 1.29 is 33.7 Å². The molecule has 1 fully saturated rings. The Balaban J connectivity index is 1.53. The Hall–Kier alpha value is -3.52. The molecule has 0 unspecified atom stereocenters. The zero-order valence-electron chi connectivity index (χ0n) is 21.9. The summed E-state index contributed by atoms with van der Waals surface area (Å²) < 4.78 is 49.2. The Labute approximate surface area is 221 Å². The van der Waals surface area contributed by atoms with Crippen LogP contribution >= 0.6 is 11.3 Å². The van der Waals surface area contributed by atoms with Gasteiger partial charge in [0.2, 0.25) is 5.91 Å². The normalized spacial score (nSPS) is 20.6. The van der Waals surface area contributed by atoms with E-state index < -0.39 is 47.3 Å². The standard InChI is InChI=1S/C24H27F3N6O4S/c1-12(10-29-20(35)18-13(2)30-22(38-18)21(36)28-3)19(34)31-17-16-6-5-15(24(25,26)27)9-14(16)11-32-7-4-8-33(32)23(17)37/h5-6,9,12,17H,4,7-8,10-11H2,1-3H3,(H,28,36)(H,29,35)(H,31,34)/t12-,17-/m1/s1/i17D. The quantitative estimate of drug-likeness (QED) is 0.503. The summed E-state index contributed by atoms with van der Waals surface area (Å²) in [5, 5.41) is 10.4.